The molecule has 0 aromatic heterocycles. The van der Waals surface area contributed by atoms with Crippen molar-refractivity contribution in [2.75, 3.05) is 7.11 Å². The Morgan fingerprint density at radius 1 is 1.60 bits per heavy atom. The van der Waals surface area contributed by atoms with Crippen molar-refractivity contribution in [3.63, 3.8) is 0 Å². The Morgan fingerprint density at radius 2 is 2.33 bits per heavy atom. The summed E-state index contributed by atoms with van der Waals surface area (Å²) in [5, 5.41) is 0. The first-order chi connectivity index (χ1) is 7.13. The minimum absolute atomic E-state index is 0.112. The van der Waals surface area contributed by atoms with Crippen LogP contribution in [0.3, 0.4) is 0 Å². The van der Waals surface area contributed by atoms with Crippen molar-refractivity contribution in [3.05, 3.63) is 12.2 Å². The van der Waals surface area contributed by atoms with Crippen LogP contribution in [0, 0.1) is 0 Å². The monoisotopic (exact) mass is 211 g/mol. The van der Waals surface area contributed by atoms with Crippen LogP contribution < -0.4 is 0 Å². The van der Waals surface area contributed by atoms with Crippen LogP contribution in [0.25, 0.3) is 0 Å². The number of amides is 2. The third-order valence-electron chi connectivity index (χ3n) is 2.38. The van der Waals surface area contributed by atoms with Gasteiger partial charge in [-0.2, -0.15) is 0 Å². The van der Waals surface area contributed by atoms with Gasteiger partial charge in [0.15, 0.2) is 5.78 Å². The van der Waals surface area contributed by atoms with Gasteiger partial charge >= 0.3 is 12.2 Å². The minimum atomic E-state index is -0.772. The Kier molecular flexibility index (Phi) is 2.18. The van der Waals surface area contributed by atoms with Crippen LogP contribution in [0.5, 0.6) is 0 Å². The molecular weight excluding hydrogens is 202 g/mol. The highest BCUT2D eigenvalue weighted by Gasteiger charge is 2.46. The van der Waals surface area contributed by atoms with Gasteiger partial charge < -0.3 is 9.47 Å². The molecule has 1 saturated heterocycles. The number of carbonyl (C=O) groups is 3. The van der Waals surface area contributed by atoms with Crippen molar-refractivity contribution in [2.24, 2.45) is 0 Å². The Balaban J connectivity index is 2.26. The molecule has 1 fully saturated rings. The van der Waals surface area contributed by atoms with Gasteiger partial charge in [0.05, 0.1) is 7.11 Å². The third kappa shape index (κ3) is 1.47. The highest BCUT2D eigenvalue weighted by Crippen LogP contribution is 2.26. The van der Waals surface area contributed by atoms with E-state index in [1.165, 1.54) is 19.3 Å². The Morgan fingerprint density at radius 3 is 3.00 bits per heavy atom. The molecule has 2 atom stereocenters. The van der Waals surface area contributed by atoms with E-state index in [9.17, 15) is 14.4 Å². The number of methoxy groups -OCH3 is 1. The van der Waals surface area contributed by atoms with Crippen molar-refractivity contribution >= 4 is 18.0 Å². The maximum atomic E-state index is 11.3. The minimum Gasteiger partial charge on any atom is -0.452 e. The molecule has 0 bridgehead atoms. The molecule has 6 nitrogen and oxygen atoms in total. The van der Waals surface area contributed by atoms with Crippen LogP contribution in [-0.2, 0) is 14.3 Å². The summed E-state index contributed by atoms with van der Waals surface area (Å²) in [5.74, 6) is -0.115. The fourth-order valence-corrected chi connectivity index (χ4v) is 1.68. The number of ketones is 1. The topological polar surface area (TPSA) is 72.9 Å². The Bertz CT molecular complexity index is 362. The molecule has 0 spiro atoms. The van der Waals surface area contributed by atoms with Gasteiger partial charge in [-0.05, 0) is 6.08 Å². The Labute approximate surface area is 85.4 Å². The molecule has 80 valence electrons. The van der Waals surface area contributed by atoms with Gasteiger partial charge in [0, 0.05) is 6.42 Å². The van der Waals surface area contributed by atoms with E-state index in [-0.39, 0.29) is 12.2 Å². The van der Waals surface area contributed by atoms with Crippen molar-refractivity contribution in [2.45, 2.75) is 18.6 Å². The summed E-state index contributed by atoms with van der Waals surface area (Å²) in [6.07, 6.45) is 0.828. The molecule has 15 heavy (non-hydrogen) atoms. The standard InChI is InChI=1S/C9H9NO5/c1-14-8(12)10-6-3-2-5(11)4-7(6)15-9(10)13/h2-3,6-7H,4H2,1H3/t6-,7+/m1/s1. The molecule has 2 aliphatic rings. The molecule has 0 aromatic carbocycles. The first-order valence-electron chi connectivity index (χ1n) is 4.42. The normalized spacial score (nSPS) is 28.7. The second kappa shape index (κ2) is 3.38. The lowest BCUT2D eigenvalue weighted by Crippen LogP contribution is -2.41. The second-order valence-corrected chi connectivity index (χ2v) is 3.28. The summed E-state index contributed by atoms with van der Waals surface area (Å²) in [7, 11) is 1.18. The molecule has 1 aliphatic carbocycles. The highest BCUT2D eigenvalue weighted by atomic mass is 16.6. The van der Waals surface area contributed by atoms with E-state index in [4.69, 9.17) is 4.74 Å². The van der Waals surface area contributed by atoms with Crippen LogP contribution in [0.2, 0.25) is 0 Å². The summed E-state index contributed by atoms with van der Waals surface area (Å²) < 4.78 is 9.33. The van der Waals surface area contributed by atoms with Crippen molar-refractivity contribution in [1.82, 2.24) is 4.90 Å². The molecule has 0 N–H and O–H groups in total. The second-order valence-electron chi connectivity index (χ2n) is 3.28. The van der Waals surface area contributed by atoms with Crippen molar-refractivity contribution in [3.8, 4) is 0 Å². The zero-order valence-corrected chi connectivity index (χ0v) is 8.00. The smallest absolute Gasteiger partial charge is 0.420 e. The average molecular weight is 211 g/mol. The summed E-state index contributed by atoms with van der Waals surface area (Å²) in [5.41, 5.74) is 0. The Hall–Kier alpha value is -1.85. The molecule has 6 heteroatoms. The largest absolute Gasteiger partial charge is 0.452 e. The van der Waals surface area contributed by atoms with E-state index in [0.29, 0.717) is 0 Å². The number of hydrogen-bond acceptors (Lipinski definition) is 5. The van der Waals surface area contributed by atoms with E-state index in [0.717, 1.165) is 4.90 Å². The lowest BCUT2D eigenvalue weighted by molar-refractivity contribution is -0.116. The maximum absolute atomic E-state index is 11.3. The number of allylic oxidation sites excluding steroid dienone is 1. The quantitative estimate of drug-likeness (QED) is 0.582. The average Bonchev–Trinajstić information content (AvgIpc) is 2.52. The number of hydrogen-bond donors (Lipinski definition) is 0. The molecule has 1 heterocycles. The molecule has 0 radical (unpaired) electrons. The van der Waals surface area contributed by atoms with Crippen LogP contribution in [-0.4, -0.2) is 42.1 Å². The van der Waals surface area contributed by atoms with Gasteiger partial charge in [0.2, 0.25) is 0 Å². The number of fused-ring (bicyclic) bond motifs is 1. The predicted molar refractivity (Wildman–Crippen MR) is 47.1 cm³/mol. The maximum Gasteiger partial charge on any atom is 0.420 e. The number of carbonyl (C=O) groups excluding carboxylic acids is 3. The summed E-state index contributed by atoms with van der Waals surface area (Å²) in [6, 6.07) is -0.525. The summed E-state index contributed by atoms with van der Waals surface area (Å²) >= 11 is 0. The molecule has 2 rings (SSSR count). The zero-order chi connectivity index (χ0) is 11.0. The van der Waals surface area contributed by atoms with E-state index in [2.05, 4.69) is 4.74 Å². The fraction of sp³-hybridized carbons (Fsp3) is 0.444. The zero-order valence-electron chi connectivity index (χ0n) is 8.00. The van der Waals surface area contributed by atoms with E-state index >= 15 is 0 Å². The number of nitrogens with zero attached hydrogens (tertiary/aromatic N) is 1. The summed E-state index contributed by atoms with van der Waals surface area (Å²) in [4.78, 5) is 34.5. The van der Waals surface area contributed by atoms with E-state index < -0.39 is 24.3 Å². The van der Waals surface area contributed by atoms with E-state index in [1.807, 2.05) is 0 Å². The van der Waals surface area contributed by atoms with Gasteiger partial charge in [-0.25, -0.2) is 14.5 Å². The molecular formula is C9H9NO5. The highest BCUT2D eigenvalue weighted by molar-refractivity contribution is 5.95. The van der Waals surface area contributed by atoms with Crippen LogP contribution in [0.15, 0.2) is 12.2 Å². The lowest BCUT2D eigenvalue weighted by atomic mass is 9.98. The molecule has 1 aliphatic heterocycles. The molecule has 0 unspecified atom stereocenters. The van der Waals surface area contributed by atoms with Crippen LogP contribution >= 0.6 is 0 Å². The number of imide groups is 1. The number of ether oxygens (including phenoxy) is 2. The van der Waals surface area contributed by atoms with E-state index in [1.54, 1.807) is 0 Å². The van der Waals surface area contributed by atoms with Gasteiger partial charge in [-0.15, -0.1) is 0 Å². The molecule has 2 amide bonds. The van der Waals surface area contributed by atoms with Gasteiger partial charge in [-0.1, -0.05) is 6.08 Å². The molecule has 0 aromatic rings. The summed E-state index contributed by atoms with van der Waals surface area (Å²) in [6.45, 7) is 0. The van der Waals surface area contributed by atoms with Crippen LogP contribution in [0.1, 0.15) is 6.42 Å². The van der Waals surface area contributed by atoms with Gasteiger partial charge in [0.1, 0.15) is 12.1 Å². The first kappa shape index (κ1) is 9.70. The van der Waals surface area contributed by atoms with Crippen molar-refractivity contribution < 1.29 is 23.9 Å². The third-order valence-corrected chi connectivity index (χ3v) is 2.38. The first-order valence-corrected chi connectivity index (χ1v) is 4.42. The lowest BCUT2D eigenvalue weighted by Gasteiger charge is -2.20. The fourth-order valence-electron chi connectivity index (χ4n) is 1.68. The molecule has 0 saturated carbocycles. The van der Waals surface area contributed by atoms with Crippen LogP contribution in [0.4, 0.5) is 9.59 Å². The predicted octanol–water partition coefficient (Wildman–Crippen LogP) is 0.471. The number of rotatable bonds is 0. The van der Waals surface area contributed by atoms with Gasteiger partial charge in [0.25, 0.3) is 0 Å². The van der Waals surface area contributed by atoms with Crippen molar-refractivity contribution in [1.29, 1.82) is 0 Å². The SMILES string of the molecule is COC(=O)N1C(=O)O[C@H]2CC(=O)C=C[C@H]21. The van der Waals surface area contributed by atoms with Gasteiger partial charge in [-0.3, -0.25) is 4.79 Å².